The van der Waals surface area contributed by atoms with Gasteiger partial charge >= 0.3 is 0 Å². The average Bonchev–Trinajstić information content (AvgIpc) is 2.55. The Hall–Kier alpha value is -1.32. The molecule has 1 aromatic heterocycles. The summed E-state index contributed by atoms with van der Waals surface area (Å²) in [4.78, 5) is 15.1. The molecule has 0 aromatic carbocycles. The van der Waals surface area contributed by atoms with E-state index in [0.29, 0.717) is 11.6 Å². The van der Waals surface area contributed by atoms with Crippen LogP contribution in [-0.4, -0.2) is 10.9 Å². The average molecular weight is 210 g/mol. The lowest BCUT2D eigenvalue weighted by Crippen LogP contribution is -2.10. The van der Waals surface area contributed by atoms with Crippen LogP contribution in [-0.2, 0) is 6.42 Å². The Morgan fingerprint density at radius 1 is 1.40 bits per heavy atom. The number of oxazole rings is 1. The second-order valence-electron chi connectivity index (χ2n) is 3.70. The second kappa shape index (κ2) is 5.53. The van der Waals surface area contributed by atoms with Crippen molar-refractivity contribution in [3.63, 3.8) is 0 Å². The summed E-state index contributed by atoms with van der Waals surface area (Å²) in [5, 5.41) is 0. The fourth-order valence-corrected chi connectivity index (χ4v) is 1.49. The number of carbonyl (C=O) groups excluding carboxylic acids is 1. The highest BCUT2D eigenvalue weighted by atomic mass is 16.4. The number of hydrogen-bond acceptors (Lipinski definition) is 3. The van der Waals surface area contributed by atoms with Crippen molar-refractivity contribution in [2.24, 2.45) is 5.73 Å². The zero-order valence-electron chi connectivity index (χ0n) is 9.38. The van der Waals surface area contributed by atoms with Gasteiger partial charge in [-0.3, -0.25) is 4.79 Å². The summed E-state index contributed by atoms with van der Waals surface area (Å²) in [5.74, 6) is 0.276. The molecule has 0 fully saturated rings. The van der Waals surface area contributed by atoms with Crippen molar-refractivity contribution in [2.75, 3.05) is 0 Å². The largest absolute Gasteiger partial charge is 0.435 e. The Kier molecular flexibility index (Phi) is 4.34. The Balaban J connectivity index is 2.48. The molecule has 15 heavy (non-hydrogen) atoms. The fourth-order valence-electron chi connectivity index (χ4n) is 1.49. The minimum atomic E-state index is -0.542. The fraction of sp³-hybridized carbons (Fsp3) is 0.636. The predicted molar refractivity (Wildman–Crippen MR) is 57.6 cm³/mol. The van der Waals surface area contributed by atoms with Crippen molar-refractivity contribution in [3.8, 4) is 0 Å². The van der Waals surface area contributed by atoms with Gasteiger partial charge in [0.2, 0.25) is 5.76 Å². The minimum absolute atomic E-state index is 0.195. The quantitative estimate of drug-likeness (QED) is 0.732. The zero-order chi connectivity index (χ0) is 11.3. The van der Waals surface area contributed by atoms with Crippen LogP contribution in [0.3, 0.4) is 0 Å². The topological polar surface area (TPSA) is 69.1 Å². The van der Waals surface area contributed by atoms with Crippen LogP contribution in [0.2, 0.25) is 0 Å². The molecule has 0 aliphatic rings. The molecule has 0 bridgehead atoms. The van der Waals surface area contributed by atoms with Crippen molar-refractivity contribution in [3.05, 3.63) is 17.3 Å². The number of aryl methyl sites for hydroxylation is 2. The molecule has 0 unspecified atom stereocenters. The van der Waals surface area contributed by atoms with Gasteiger partial charge in [0.25, 0.3) is 5.91 Å². The van der Waals surface area contributed by atoms with E-state index in [1.807, 2.05) is 0 Å². The van der Waals surface area contributed by atoms with Crippen molar-refractivity contribution >= 4 is 5.91 Å². The van der Waals surface area contributed by atoms with E-state index in [1.54, 1.807) is 6.92 Å². The van der Waals surface area contributed by atoms with Crippen molar-refractivity contribution in [1.82, 2.24) is 4.98 Å². The summed E-state index contributed by atoms with van der Waals surface area (Å²) in [5.41, 5.74) is 5.72. The summed E-state index contributed by atoms with van der Waals surface area (Å²) < 4.78 is 5.27. The van der Waals surface area contributed by atoms with Gasteiger partial charge in [-0.15, -0.1) is 0 Å². The third-order valence-electron chi connectivity index (χ3n) is 2.31. The molecule has 0 saturated heterocycles. The van der Waals surface area contributed by atoms with Crippen LogP contribution >= 0.6 is 0 Å². The molecular formula is C11H18N2O2. The number of amides is 1. The number of nitrogens with zero attached hydrogens (tertiary/aromatic N) is 1. The van der Waals surface area contributed by atoms with Crippen LogP contribution in [0.5, 0.6) is 0 Å². The molecule has 1 heterocycles. The maximum Gasteiger partial charge on any atom is 0.286 e. The number of nitrogens with two attached hydrogens (primary N) is 1. The number of carbonyl (C=O) groups is 1. The van der Waals surface area contributed by atoms with Gasteiger partial charge in [-0.2, -0.15) is 0 Å². The van der Waals surface area contributed by atoms with E-state index in [0.717, 1.165) is 12.8 Å². The number of rotatable bonds is 6. The Labute approximate surface area is 89.9 Å². The Morgan fingerprint density at radius 3 is 2.67 bits per heavy atom. The van der Waals surface area contributed by atoms with Crippen LogP contribution in [0, 0.1) is 6.92 Å². The van der Waals surface area contributed by atoms with Crippen LogP contribution in [0.25, 0.3) is 0 Å². The minimum Gasteiger partial charge on any atom is -0.435 e. The SMILES string of the molecule is CCCCCCc1nc(C)c(C(N)=O)o1. The lowest BCUT2D eigenvalue weighted by atomic mass is 10.1. The first-order valence-electron chi connectivity index (χ1n) is 5.41. The molecule has 4 nitrogen and oxygen atoms in total. The summed E-state index contributed by atoms with van der Waals surface area (Å²) in [6.45, 7) is 3.90. The first kappa shape index (κ1) is 11.8. The van der Waals surface area contributed by atoms with Crippen molar-refractivity contribution < 1.29 is 9.21 Å². The van der Waals surface area contributed by atoms with Crippen molar-refractivity contribution in [1.29, 1.82) is 0 Å². The van der Waals surface area contributed by atoms with E-state index < -0.39 is 5.91 Å². The Morgan fingerprint density at radius 2 is 2.13 bits per heavy atom. The summed E-state index contributed by atoms with van der Waals surface area (Å²) in [6.07, 6.45) is 5.43. The molecule has 84 valence electrons. The lowest BCUT2D eigenvalue weighted by Gasteiger charge is -1.95. The second-order valence-corrected chi connectivity index (χ2v) is 3.70. The highest BCUT2D eigenvalue weighted by Crippen LogP contribution is 2.12. The molecule has 1 aromatic rings. The van der Waals surface area contributed by atoms with Crippen LogP contribution in [0.4, 0.5) is 0 Å². The van der Waals surface area contributed by atoms with Crippen LogP contribution in [0.15, 0.2) is 4.42 Å². The van der Waals surface area contributed by atoms with Gasteiger partial charge in [-0.25, -0.2) is 4.98 Å². The van der Waals surface area contributed by atoms with E-state index in [-0.39, 0.29) is 5.76 Å². The van der Waals surface area contributed by atoms with Gasteiger partial charge < -0.3 is 10.2 Å². The molecule has 0 aliphatic heterocycles. The number of unbranched alkanes of at least 4 members (excludes halogenated alkanes) is 3. The molecule has 0 saturated carbocycles. The summed E-state index contributed by atoms with van der Waals surface area (Å²) in [6, 6.07) is 0. The standard InChI is InChI=1S/C11H18N2O2/c1-3-4-5-6-7-9-13-8(2)10(15-9)11(12)14/h3-7H2,1-2H3,(H2,12,14). The molecule has 0 aliphatic carbocycles. The van der Waals surface area contributed by atoms with Crippen LogP contribution in [0.1, 0.15) is 54.7 Å². The maximum absolute atomic E-state index is 10.9. The normalized spacial score (nSPS) is 10.5. The van der Waals surface area contributed by atoms with Crippen LogP contribution < -0.4 is 5.73 Å². The van der Waals surface area contributed by atoms with E-state index >= 15 is 0 Å². The highest BCUT2D eigenvalue weighted by Gasteiger charge is 2.13. The lowest BCUT2D eigenvalue weighted by molar-refractivity contribution is 0.0971. The number of primary amides is 1. The third kappa shape index (κ3) is 3.38. The molecular weight excluding hydrogens is 192 g/mol. The van der Waals surface area contributed by atoms with E-state index in [1.165, 1.54) is 19.3 Å². The first-order valence-corrected chi connectivity index (χ1v) is 5.41. The van der Waals surface area contributed by atoms with E-state index in [9.17, 15) is 4.79 Å². The summed E-state index contributed by atoms with van der Waals surface area (Å²) in [7, 11) is 0. The van der Waals surface area contributed by atoms with Gasteiger partial charge in [-0.1, -0.05) is 26.2 Å². The maximum atomic E-state index is 10.9. The zero-order valence-corrected chi connectivity index (χ0v) is 9.38. The van der Waals surface area contributed by atoms with E-state index in [4.69, 9.17) is 10.2 Å². The molecule has 2 N–H and O–H groups in total. The summed E-state index contributed by atoms with van der Waals surface area (Å²) >= 11 is 0. The van der Waals surface area contributed by atoms with Gasteiger partial charge in [0.15, 0.2) is 5.89 Å². The molecule has 0 spiro atoms. The van der Waals surface area contributed by atoms with Crippen molar-refractivity contribution in [2.45, 2.75) is 46.0 Å². The smallest absolute Gasteiger partial charge is 0.286 e. The molecule has 0 atom stereocenters. The molecule has 1 rings (SSSR count). The van der Waals surface area contributed by atoms with Gasteiger partial charge in [0.05, 0.1) is 5.69 Å². The molecule has 1 amide bonds. The molecule has 4 heteroatoms. The third-order valence-corrected chi connectivity index (χ3v) is 2.31. The van der Waals surface area contributed by atoms with E-state index in [2.05, 4.69) is 11.9 Å². The number of hydrogen-bond donors (Lipinski definition) is 1. The number of aromatic nitrogens is 1. The highest BCUT2D eigenvalue weighted by molar-refractivity contribution is 5.90. The van der Waals surface area contributed by atoms with Gasteiger partial charge in [0, 0.05) is 6.42 Å². The van der Waals surface area contributed by atoms with Gasteiger partial charge in [0.1, 0.15) is 0 Å². The molecule has 0 radical (unpaired) electrons. The van der Waals surface area contributed by atoms with Gasteiger partial charge in [-0.05, 0) is 13.3 Å². The monoisotopic (exact) mass is 210 g/mol. The Bertz CT molecular complexity index is 331. The predicted octanol–water partition coefficient (Wildman–Crippen LogP) is 2.20. The first-order chi connectivity index (χ1) is 7.15.